The molecule has 8 aliphatic carbocycles. The summed E-state index contributed by atoms with van der Waals surface area (Å²) >= 11 is 0. The number of hydrogen-bond acceptors (Lipinski definition) is 1. The molecule has 1 heteroatoms. The van der Waals surface area contributed by atoms with Gasteiger partial charge in [0.05, 0.1) is 0 Å². The van der Waals surface area contributed by atoms with E-state index in [1.165, 1.54) is 25.7 Å². The van der Waals surface area contributed by atoms with Crippen LogP contribution in [-0.4, -0.2) is 6.04 Å². The minimum atomic E-state index is 0.571. The van der Waals surface area contributed by atoms with E-state index in [4.69, 9.17) is 5.73 Å². The normalized spacial score (nSPS) is 67.0. The Labute approximate surface area is 129 Å². The zero-order valence-corrected chi connectivity index (χ0v) is 13.4. The lowest BCUT2D eigenvalue weighted by atomic mass is 9.34. The lowest BCUT2D eigenvalue weighted by Crippen LogP contribution is -2.68. The molecule has 2 N–H and O–H groups in total. The maximum atomic E-state index is 7.02. The van der Waals surface area contributed by atoms with E-state index >= 15 is 0 Å². The predicted molar refractivity (Wildman–Crippen MR) is 84.6 cm³/mol. The van der Waals surface area contributed by atoms with Crippen LogP contribution < -0.4 is 5.73 Å². The molecule has 8 saturated carbocycles. The molecule has 116 valence electrons. The standard InChI is InChI=1S/C20H31N/c21-18-17-5-15-4-16(6-17)11-20(18,10-15)19-7-12-1-13(8-19)3-14(2-12)9-19/h12-18H,1-11,21H2. The van der Waals surface area contributed by atoms with Crippen molar-refractivity contribution in [2.75, 3.05) is 0 Å². The first-order chi connectivity index (χ1) is 10.2. The van der Waals surface area contributed by atoms with Crippen molar-refractivity contribution in [3.63, 3.8) is 0 Å². The van der Waals surface area contributed by atoms with Gasteiger partial charge in [0.15, 0.2) is 0 Å². The first-order valence-corrected chi connectivity index (χ1v) is 9.91. The zero-order chi connectivity index (χ0) is 13.8. The summed E-state index contributed by atoms with van der Waals surface area (Å²) in [5.74, 6) is 6.32. The third-order valence-corrected chi connectivity index (χ3v) is 9.49. The second kappa shape index (κ2) is 3.71. The van der Waals surface area contributed by atoms with E-state index in [9.17, 15) is 0 Å². The molecular weight excluding hydrogens is 254 g/mol. The molecule has 0 saturated heterocycles. The molecule has 8 aliphatic rings. The van der Waals surface area contributed by atoms with Crippen molar-refractivity contribution in [2.45, 2.75) is 76.7 Å². The minimum Gasteiger partial charge on any atom is -0.327 e. The Balaban J connectivity index is 1.47. The predicted octanol–water partition coefficient (Wildman–Crippen LogP) is 4.36. The summed E-state index contributed by atoms with van der Waals surface area (Å²) in [5.41, 5.74) is 8.32. The Morgan fingerprint density at radius 3 is 1.48 bits per heavy atom. The van der Waals surface area contributed by atoms with Crippen molar-refractivity contribution in [3.8, 4) is 0 Å². The maximum Gasteiger partial charge on any atom is 0.0130 e. The van der Waals surface area contributed by atoms with E-state index in [0.717, 1.165) is 35.5 Å². The van der Waals surface area contributed by atoms with E-state index in [1.54, 1.807) is 44.9 Å². The fourth-order valence-electron chi connectivity index (χ4n) is 9.59. The van der Waals surface area contributed by atoms with E-state index in [0.29, 0.717) is 16.9 Å². The van der Waals surface area contributed by atoms with Crippen molar-refractivity contribution >= 4 is 0 Å². The highest BCUT2D eigenvalue weighted by molar-refractivity contribution is 5.18. The first-order valence-electron chi connectivity index (χ1n) is 9.91. The molecule has 0 spiro atoms. The lowest BCUT2D eigenvalue weighted by molar-refractivity contribution is -0.209. The van der Waals surface area contributed by atoms with Crippen LogP contribution in [0.4, 0.5) is 0 Å². The molecule has 8 fully saturated rings. The van der Waals surface area contributed by atoms with Crippen molar-refractivity contribution in [1.82, 2.24) is 0 Å². The van der Waals surface area contributed by atoms with Crippen molar-refractivity contribution in [1.29, 1.82) is 0 Å². The third-order valence-electron chi connectivity index (χ3n) is 9.49. The highest BCUT2D eigenvalue weighted by atomic mass is 14.8. The van der Waals surface area contributed by atoms with Crippen LogP contribution in [-0.2, 0) is 0 Å². The first kappa shape index (κ1) is 12.4. The van der Waals surface area contributed by atoms with Gasteiger partial charge in [0.2, 0.25) is 0 Å². The van der Waals surface area contributed by atoms with E-state index in [-0.39, 0.29) is 0 Å². The molecule has 8 rings (SSSR count). The highest BCUT2D eigenvalue weighted by Gasteiger charge is 2.67. The van der Waals surface area contributed by atoms with Gasteiger partial charge in [0.25, 0.3) is 0 Å². The van der Waals surface area contributed by atoms with Gasteiger partial charge in [0, 0.05) is 6.04 Å². The summed E-state index contributed by atoms with van der Waals surface area (Å²) in [6.45, 7) is 0. The van der Waals surface area contributed by atoms with Crippen LogP contribution in [0.3, 0.4) is 0 Å². The van der Waals surface area contributed by atoms with Crippen LogP contribution in [0.25, 0.3) is 0 Å². The Bertz CT molecular complexity index is 431. The summed E-state index contributed by atoms with van der Waals surface area (Å²) in [7, 11) is 0. The zero-order valence-electron chi connectivity index (χ0n) is 13.4. The van der Waals surface area contributed by atoms with Crippen LogP contribution >= 0.6 is 0 Å². The van der Waals surface area contributed by atoms with E-state index in [1.807, 2.05) is 0 Å². The fourth-order valence-corrected chi connectivity index (χ4v) is 9.59. The van der Waals surface area contributed by atoms with Crippen LogP contribution in [0.5, 0.6) is 0 Å². The van der Waals surface area contributed by atoms with Crippen LogP contribution in [0.2, 0.25) is 0 Å². The largest absolute Gasteiger partial charge is 0.327 e. The van der Waals surface area contributed by atoms with Gasteiger partial charge in [-0.05, 0) is 117 Å². The average Bonchev–Trinajstić information content (AvgIpc) is 2.42. The third kappa shape index (κ3) is 1.39. The Hall–Kier alpha value is -0.0400. The van der Waals surface area contributed by atoms with Gasteiger partial charge in [-0.1, -0.05) is 0 Å². The summed E-state index contributed by atoms with van der Waals surface area (Å²) < 4.78 is 0. The lowest BCUT2D eigenvalue weighted by Gasteiger charge is -2.72. The van der Waals surface area contributed by atoms with Gasteiger partial charge in [0.1, 0.15) is 0 Å². The molecule has 0 aromatic carbocycles. The van der Waals surface area contributed by atoms with Crippen LogP contribution in [0.1, 0.15) is 70.6 Å². The minimum absolute atomic E-state index is 0.571. The molecule has 0 heterocycles. The molecule has 0 amide bonds. The highest BCUT2D eigenvalue weighted by Crippen LogP contribution is 2.74. The monoisotopic (exact) mass is 285 g/mol. The molecule has 1 nitrogen and oxygen atoms in total. The molecule has 0 aromatic heterocycles. The summed E-state index contributed by atoms with van der Waals surface area (Å²) in [6.07, 6.45) is 17.1. The quantitative estimate of drug-likeness (QED) is 0.761. The van der Waals surface area contributed by atoms with Gasteiger partial charge in [-0.2, -0.15) is 0 Å². The molecule has 0 aliphatic heterocycles. The molecule has 0 aromatic rings. The summed E-state index contributed by atoms with van der Waals surface area (Å²) in [6, 6.07) is 0.571. The van der Waals surface area contributed by atoms with Crippen molar-refractivity contribution < 1.29 is 0 Å². The molecule has 21 heavy (non-hydrogen) atoms. The van der Waals surface area contributed by atoms with Gasteiger partial charge in [-0.25, -0.2) is 0 Å². The molecule has 0 radical (unpaired) electrons. The maximum absolute atomic E-state index is 7.02. The Kier molecular flexibility index (Phi) is 2.19. The number of nitrogens with two attached hydrogens (primary N) is 1. The summed E-state index contributed by atoms with van der Waals surface area (Å²) in [4.78, 5) is 0. The SMILES string of the molecule is NC1C2CC3CC(C2)CC1(C12CC4CC(CC(C4)C1)C2)C3. The molecular formula is C20H31N. The second-order valence-electron chi connectivity index (χ2n) is 10.5. The number of rotatable bonds is 1. The van der Waals surface area contributed by atoms with Gasteiger partial charge in [-0.3, -0.25) is 0 Å². The topological polar surface area (TPSA) is 26.0 Å². The van der Waals surface area contributed by atoms with Crippen LogP contribution in [0, 0.1) is 46.3 Å². The summed E-state index contributed by atoms with van der Waals surface area (Å²) in [5, 5.41) is 0. The molecule has 3 unspecified atom stereocenters. The average molecular weight is 285 g/mol. The van der Waals surface area contributed by atoms with Crippen molar-refractivity contribution in [3.05, 3.63) is 0 Å². The smallest absolute Gasteiger partial charge is 0.0130 e. The Morgan fingerprint density at radius 1 is 0.571 bits per heavy atom. The second-order valence-corrected chi connectivity index (χ2v) is 10.5. The van der Waals surface area contributed by atoms with Gasteiger partial charge in [-0.15, -0.1) is 0 Å². The van der Waals surface area contributed by atoms with Crippen molar-refractivity contribution in [2.24, 2.45) is 52.1 Å². The van der Waals surface area contributed by atoms with Gasteiger partial charge >= 0.3 is 0 Å². The Morgan fingerprint density at radius 2 is 1.00 bits per heavy atom. The van der Waals surface area contributed by atoms with E-state index < -0.39 is 0 Å². The molecule has 8 bridgehead atoms. The number of hydrogen-bond donors (Lipinski definition) is 1. The molecule has 3 atom stereocenters. The van der Waals surface area contributed by atoms with E-state index in [2.05, 4.69) is 0 Å². The van der Waals surface area contributed by atoms with Crippen LogP contribution in [0.15, 0.2) is 0 Å². The van der Waals surface area contributed by atoms with Gasteiger partial charge < -0.3 is 5.73 Å². The fraction of sp³-hybridized carbons (Fsp3) is 1.00.